The second-order valence-electron chi connectivity index (χ2n) is 6.02. The van der Waals surface area contributed by atoms with Crippen LogP contribution in [0.15, 0.2) is 77.5 Å². The highest BCUT2D eigenvalue weighted by molar-refractivity contribution is 5.77. The molecule has 0 saturated carbocycles. The highest BCUT2D eigenvalue weighted by Crippen LogP contribution is 2.32. The topological polar surface area (TPSA) is 40.0 Å². The Morgan fingerprint density at radius 1 is 0.962 bits per heavy atom. The first-order valence-electron chi connectivity index (χ1n) is 8.09. The van der Waals surface area contributed by atoms with Gasteiger partial charge >= 0.3 is 0 Å². The van der Waals surface area contributed by atoms with Gasteiger partial charge in [-0.2, -0.15) is 0 Å². The second-order valence-corrected chi connectivity index (χ2v) is 6.02. The molecule has 26 heavy (non-hydrogen) atoms. The van der Waals surface area contributed by atoms with Crippen molar-refractivity contribution in [3.8, 4) is 5.75 Å². The van der Waals surface area contributed by atoms with Gasteiger partial charge in [0.1, 0.15) is 17.3 Å². The van der Waals surface area contributed by atoms with E-state index in [-0.39, 0.29) is 17.0 Å². The standard InChI is InChI=1S/C21H21NO3.BrH/c1-21(2)24-19(15-20(25-21)16-7-5-4-6-8-16)13-14-22-17-9-11-18(23-3)12-10-17;/h4-15H,1-3H3;1H/p-1/b19-13-,22-14?;. The van der Waals surface area contributed by atoms with Crippen LogP contribution < -0.4 is 21.7 Å². The number of hydrogen-bond donors (Lipinski definition) is 0. The van der Waals surface area contributed by atoms with Gasteiger partial charge in [-0.1, -0.05) is 30.3 Å². The van der Waals surface area contributed by atoms with Gasteiger partial charge in [0.2, 0.25) is 5.79 Å². The Morgan fingerprint density at radius 3 is 2.31 bits per heavy atom. The first-order chi connectivity index (χ1) is 12.1. The van der Waals surface area contributed by atoms with E-state index >= 15 is 0 Å². The summed E-state index contributed by atoms with van der Waals surface area (Å²) in [5.74, 6) is 1.55. The lowest BCUT2D eigenvalue weighted by atomic mass is 10.1. The maximum Gasteiger partial charge on any atom is 0.245 e. The summed E-state index contributed by atoms with van der Waals surface area (Å²) in [5.41, 5.74) is 1.85. The summed E-state index contributed by atoms with van der Waals surface area (Å²) in [4.78, 5) is 4.41. The third-order valence-electron chi connectivity index (χ3n) is 3.59. The Morgan fingerprint density at radius 2 is 1.65 bits per heavy atom. The van der Waals surface area contributed by atoms with Gasteiger partial charge in [0.25, 0.3) is 0 Å². The van der Waals surface area contributed by atoms with Gasteiger partial charge in [-0.25, -0.2) is 0 Å². The third kappa shape index (κ3) is 5.23. The van der Waals surface area contributed by atoms with Crippen LogP contribution in [0.1, 0.15) is 19.4 Å². The Labute approximate surface area is 164 Å². The number of benzene rings is 2. The first kappa shape index (κ1) is 19.8. The molecule has 1 aliphatic rings. The number of ether oxygens (including phenoxy) is 3. The van der Waals surface area contributed by atoms with Gasteiger partial charge in [0.15, 0.2) is 0 Å². The molecule has 0 atom stereocenters. The minimum absolute atomic E-state index is 0. The highest BCUT2D eigenvalue weighted by Gasteiger charge is 2.28. The summed E-state index contributed by atoms with van der Waals surface area (Å²) in [6, 6.07) is 17.5. The maximum absolute atomic E-state index is 5.92. The van der Waals surface area contributed by atoms with Crippen molar-refractivity contribution < 1.29 is 31.2 Å². The Bertz CT molecular complexity index is 809. The molecule has 0 amide bonds. The van der Waals surface area contributed by atoms with Crippen molar-refractivity contribution in [1.29, 1.82) is 0 Å². The molecule has 1 heterocycles. The van der Waals surface area contributed by atoms with Crippen molar-refractivity contribution in [2.75, 3.05) is 7.11 Å². The number of halogens is 1. The van der Waals surface area contributed by atoms with Gasteiger partial charge in [-0.3, -0.25) is 4.99 Å². The largest absolute Gasteiger partial charge is 1.00 e. The summed E-state index contributed by atoms with van der Waals surface area (Å²) in [6.45, 7) is 3.77. The van der Waals surface area contributed by atoms with Crippen LogP contribution in [0.3, 0.4) is 0 Å². The van der Waals surface area contributed by atoms with Gasteiger partial charge in [0.05, 0.1) is 12.8 Å². The number of aliphatic imine (C=N–C) groups is 1. The summed E-state index contributed by atoms with van der Waals surface area (Å²) < 4.78 is 16.9. The Balaban J connectivity index is 0.00000243. The van der Waals surface area contributed by atoms with Crippen molar-refractivity contribution >= 4 is 17.7 Å². The fraction of sp³-hybridized carbons (Fsp3) is 0.190. The van der Waals surface area contributed by atoms with E-state index in [1.165, 1.54) is 0 Å². The van der Waals surface area contributed by atoms with Crippen LogP contribution in [0.2, 0.25) is 0 Å². The number of allylic oxidation sites excluding steroid dienone is 2. The van der Waals surface area contributed by atoms with E-state index in [1.54, 1.807) is 13.3 Å². The molecule has 0 spiro atoms. The molecule has 0 fully saturated rings. The van der Waals surface area contributed by atoms with Crippen LogP contribution in [-0.4, -0.2) is 19.1 Å². The van der Waals surface area contributed by atoms with E-state index in [4.69, 9.17) is 14.2 Å². The average molecular weight is 415 g/mol. The van der Waals surface area contributed by atoms with Crippen LogP contribution in [0.25, 0.3) is 5.76 Å². The molecule has 0 aromatic heterocycles. The number of methoxy groups -OCH3 is 1. The molecule has 0 radical (unpaired) electrons. The van der Waals surface area contributed by atoms with Gasteiger partial charge in [-0.05, 0) is 30.3 Å². The van der Waals surface area contributed by atoms with Crippen molar-refractivity contribution in [2.45, 2.75) is 19.6 Å². The van der Waals surface area contributed by atoms with Gasteiger partial charge in [-0.15, -0.1) is 0 Å². The number of rotatable bonds is 4. The summed E-state index contributed by atoms with van der Waals surface area (Å²) in [5, 5.41) is 0. The smallest absolute Gasteiger partial charge is 0.245 e. The maximum atomic E-state index is 5.92. The van der Waals surface area contributed by atoms with Crippen LogP contribution in [0, 0.1) is 0 Å². The van der Waals surface area contributed by atoms with Gasteiger partial charge < -0.3 is 31.2 Å². The molecule has 2 aromatic rings. The second kappa shape index (κ2) is 8.72. The molecule has 0 bridgehead atoms. The molecule has 4 nitrogen and oxygen atoms in total. The molecule has 1 aliphatic heterocycles. The first-order valence-corrected chi connectivity index (χ1v) is 8.09. The minimum Gasteiger partial charge on any atom is -1.00 e. The number of nitrogens with zero attached hydrogens (tertiary/aromatic N) is 1. The lowest BCUT2D eigenvalue weighted by molar-refractivity contribution is -0.149. The predicted molar refractivity (Wildman–Crippen MR) is 99.9 cm³/mol. The number of hydrogen-bond acceptors (Lipinski definition) is 4. The lowest BCUT2D eigenvalue weighted by Crippen LogP contribution is -3.00. The van der Waals surface area contributed by atoms with E-state index in [9.17, 15) is 0 Å². The zero-order chi connectivity index (χ0) is 17.7. The van der Waals surface area contributed by atoms with E-state index < -0.39 is 5.79 Å². The zero-order valence-corrected chi connectivity index (χ0v) is 16.6. The summed E-state index contributed by atoms with van der Waals surface area (Å²) in [7, 11) is 1.64. The monoisotopic (exact) mass is 414 g/mol. The van der Waals surface area contributed by atoms with Crippen LogP contribution in [0.5, 0.6) is 5.75 Å². The van der Waals surface area contributed by atoms with E-state index in [1.807, 2.05) is 80.6 Å². The lowest BCUT2D eigenvalue weighted by Gasteiger charge is -2.33. The third-order valence-corrected chi connectivity index (χ3v) is 3.59. The highest BCUT2D eigenvalue weighted by atomic mass is 79.9. The molecule has 0 saturated heterocycles. The van der Waals surface area contributed by atoms with E-state index in [0.29, 0.717) is 5.76 Å². The van der Waals surface area contributed by atoms with Crippen molar-refractivity contribution in [2.24, 2.45) is 4.99 Å². The fourth-order valence-corrected chi connectivity index (χ4v) is 2.45. The molecule has 5 heteroatoms. The molecule has 3 rings (SSSR count). The molecule has 0 unspecified atom stereocenters. The van der Waals surface area contributed by atoms with Crippen molar-refractivity contribution in [3.05, 3.63) is 78.1 Å². The Kier molecular flexibility index (Phi) is 6.64. The summed E-state index contributed by atoms with van der Waals surface area (Å²) in [6.07, 6.45) is 5.43. The molecule has 136 valence electrons. The Hall–Kier alpha value is -2.53. The normalized spacial score (nSPS) is 17.0. The van der Waals surface area contributed by atoms with Crippen molar-refractivity contribution in [1.82, 2.24) is 0 Å². The summed E-state index contributed by atoms with van der Waals surface area (Å²) >= 11 is 0. The van der Waals surface area contributed by atoms with Crippen LogP contribution in [-0.2, 0) is 9.47 Å². The molecular weight excluding hydrogens is 394 g/mol. The molecule has 0 N–H and O–H groups in total. The SMILES string of the molecule is COc1ccc(N=C/C=C2/C=C(c3ccccc3)OC(C)(C)O2)cc1.[Br-]. The van der Waals surface area contributed by atoms with Gasteiger partial charge in [0, 0.05) is 31.7 Å². The van der Waals surface area contributed by atoms with Crippen LogP contribution >= 0.6 is 0 Å². The minimum atomic E-state index is -0.736. The van der Waals surface area contributed by atoms with Crippen LogP contribution in [0.4, 0.5) is 5.69 Å². The molecule has 2 aromatic carbocycles. The zero-order valence-electron chi connectivity index (χ0n) is 15.0. The van der Waals surface area contributed by atoms with E-state index in [0.717, 1.165) is 22.8 Å². The average Bonchev–Trinajstić information content (AvgIpc) is 2.62. The van der Waals surface area contributed by atoms with E-state index in [2.05, 4.69) is 4.99 Å². The van der Waals surface area contributed by atoms with Crippen molar-refractivity contribution in [3.63, 3.8) is 0 Å². The fourth-order valence-electron chi connectivity index (χ4n) is 2.45. The molecule has 0 aliphatic carbocycles. The quantitative estimate of drug-likeness (QED) is 0.719. The predicted octanol–water partition coefficient (Wildman–Crippen LogP) is 2.11. The molecular formula is C21H21BrNO3-.